The topological polar surface area (TPSA) is 26.0 Å². The quantitative estimate of drug-likeness (QED) is 0.644. The van der Waals surface area contributed by atoms with Crippen LogP contribution in [0, 0.1) is 5.92 Å². The standard InChI is InChI=1S/C10H18FN/c11-10(6-5-9(12)7-10)8-3-1-2-4-8/h8-9H,1-7,12H2. The summed E-state index contributed by atoms with van der Waals surface area (Å²) in [6.45, 7) is 0. The molecule has 2 unspecified atom stereocenters. The molecular formula is C10H18FN. The van der Waals surface area contributed by atoms with Crippen molar-refractivity contribution in [2.45, 2.75) is 56.7 Å². The Bertz CT molecular complexity index is 165. The molecule has 70 valence electrons. The molecule has 0 aromatic rings. The number of hydrogen-bond acceptors (Lipinski definition) is 1. The highest BCUT2D eigenvalue weighted by Crippen LogP contribution is 2.45. The first-order chi connectivity index (χ1) is 5.71. The second kappa shape index (κ2) is 2.99. The van der Waals surface area contributed by atoms with Gasteiger partial charge in [0.1, 0.15) is 5.67 Å². The van der Waals surface area contributed by atoms with Gasteiger partial charge in [-0.2, -0.15) is 0 Å². The summed E-state index contributed by atoms with van der Waals surface area (Å²) in [5.74, 6) is 0.339. The monoisotopic (exact) mass is 171 g/mol. The van der Waals surface area contributed by atoms with E-state index >= 15 is 0 Å². The zero-order valence-corrected chi connectivity index (χ0v) is 7.56. The van der Waals surface area contributed by atoms with Crippen LogP contribution in [0.15, 0.2) is 0 Å². The SMILES string of the molecule is NC1CCC(F)(C2CCCC2)C1. The largest absolute Gasteiger partial charge is 0.328 e. The zero-order chi connectivity index (χ0) is 8.60. The molecule has 2 aliphatic carbocycles. The van der Waals surface area contributed by atoms with E-state index in [0.717, 1.165) is 25.7 Å². The molecule has 2 saturated carbocycles. The Morgan fingerprint density at radius 2 is 1.83 bits per heavy atom. The van der Waals surface area contributed by atoms with Crippen molar-refractivity contribution in [1.29, 1.82) is 0 Å². The van der Waals surface area contributed by atoms with Crippen LogP contribution in [-0.2, 0) is 0 Å². The van der Waals surface area contributed by atoms with Gasteiger partial charge in [0.25, 0.3) is 0 Å². The minimum Gasteiger partial charge on any atom is -0.328 e. The Morgan fingerprint density at radius 3 is 2.33 bits per heavy atom. The van der Waals surface area contributed by atoms with Crippen LogP contribution in [0.2, 0.25) is 0 Å². The average Bonchev–Trinajstić information content (AvgIpc) is 2.59. The van der Waals surface area contributed by atoms with Crippen LogP contribution in [0.4, 0.5) is 4.39 Å². The summed E-state index contributed by atoms with van der Waals surface area (Å²) in [6, 6.07) is 0.135. The Balaban J connectivity index is 2.00. The molecule has 2 atom stereocenters. The van der Waals surface area contributed by atoms with Gasteiger partial charge >= 0.3 is 0 Å². The first-order valence-corrected chi connectivity index (χ1v) is 5.15. The fourth-order valence-corrected chi connectivity index (χ4v) is 2.88. The molecule has 0 aliphatic heterocycles. The Morgan fingerprint density at radius 1 is 1.17 bits per heavy atom. The van der Waals surface area contributed by atoms with Crippen LogP contribution in [0.25, 0.3) is 0 Å². The lowest BCUT2D eigenvalue weighted by molar-refractivity contribution is 0.0900. The third-order valence-electron chi connectivity index (χ3n) is 3.62. The lowest BCUT2D eigenvalue weighted by Crippen LogP contribution is -2.30. The van der Waals surface area contributed by atoms with Crippen molar-refractivity contribution in [3.63, 3.8) is 0 Å². The summed E-state index contributed by atoms with van der Waals surface area (Å²) in [5, 5.41) is 0. The van der Waals surface area contributed by atoms with E-state index in [2.05, 4.69) is 0 Å². The summed E-state index contributed by atoms with van der Waals surface area (Å²) in [7, 11) is 0. The molecule has 12 heavy (non-hydrogen) atoms. The summed E-state index contributed by atoms with van der Waals surface area (Å²) in [6.07, 6.45) is 6.90. The van der Waals surface area contributed by atoms with Crippen LogP contribution in [-0.4, -0.2) is 11.7 Å². The van der Waals surface area contributed by atoms with Gasteiger partial charge in [0.2, 0.25) is 0 Å². The Labute approximate surface area is 73.5 Å². The van der Waals surface area contributed by atoms with Crippen LogP contribution in [0.3, 0.4) is 0 Å². The van der Waals surface area contributed by atoms with Gasteiger partial charge in [-0.25, -0.2) is 4.39 Å². The molecule has 0 saturated heterocycles. The van der Waals surface area contributed by atoms with Gasteiger partial charge in [-0.3, -0.25) is 0 Å². The van der Waals surface area contributed by atoms with E-state index in [1.807, 2.05) is 0 Å². The molecular weight excluding hydrogens is 153 g/mol. The Kier molecular flexibility index (Phi) is 2.11. The van der Waals surface area contributed by atoms with Gasteiger partial charge in [0.05, 0.1) is 0 Å². The normalized spacial score (nSPS) is 44.0. The maximum Gasteiger partial charge on any atom is 0.115 e. The molecule has 0 spiro atoms. The Hall–Kier alpha value is -0.110. The maximum absolute atomic E-state index is 14.2. The molecule has 2 aliphatic rings. The molecule has 0 aromatic heterocycles. The van der Waals surface area contributed by atoms with Gasteiger partial charge < -0.3 is 5.73 Å². The van der Waals surface area contributed by atoms with Crippen molar-refractivity contribution in [2.75, 3.05) is 0 Å². The average molecular weight is 171 g/mol. The molecule has 1 nitrogen and oxygen atoms in total. The fourth-order valence-electron chi connectivity index (χ4n) is 2.88. The molecule has 2 fully saturated rings. The van der Waals surface area contributed by atoms with Gasteiger partial charge in [-0.15, -0.1) is 0 Å². The molecule has 0 bridgehead atoms. The second-order valence-corrected chi connectivity index (χ2v) is 4.52. The summed E-state index contributed by atoms with van der Waals surface area (Å²) in [4.78, 5) is 0. The molecule has 0 radical (unpaired) electrons. The third kappa shape index (κ3) is 1.37. The van der Waals surface area contributed by atoms with Crippen molar-refractivity contribution >= 4 is 0 Å². The smallest absolute Gasteiger partial charge is 0.115 e. The highest BCUT2D eigenvalue weighted by atomic mass is 19.1. The fraction of sp³-hybridized carbons (Fsp3) is 1.00. The van der Waals surface area contributed by atoms with E-state index in [4.69, 9.17) is 5.73 Å². The van der Waals surface area contributed by atoms with Gasteiger partial charge in [0.15, 0.2) is 0 Å². The summed E-state index contributed by atoms with van der Waals surface area (Å²) in [5.41, 5.74) is 4.86. The second-order valence-electron chi connectivity index (χ2n) is 4.52. The van der Waals surface area contributed by atoms with E-state index in [-0.39, 0.29) is 6.04 Å². The van der Waals surface area contributed by atoms with Crippen molar-refractivity contribution in [1.82, 2.24) is 0 Å². The summed E-state index contributed by atoms with van der Waals surface area (Å²) >= 11 is 0. The van der Waals surface area contributed by atoms with E-state index < -0.39 is 5.67 Å². The van der Waals surface area contributed by atoms with E-state index in [0.29, 0.717) is 12.3 Å². The number of rotatable bonds is 1. The maximum atomic E-state index is 14.2. The first-order valence-electron chi connectivity index (χ1n) is 5.15. The molecule has 0 heterocycles. The van der Waals surface area contributed by atoms with E-state index in [1.54, 1.807) is 0 Å². The highest BCUT2D eigenvalue weighted by molar-refractivity contribution is 4.97. The number of hydrogen-bond donors (Lipinski definition) is 1. The van der Waals surface area contributed by atoms with Crippen LogP contribution >= 0.6 is 0 Å². The lowest BCUT2D eigenvalue weighted by Gasteiger charge is -2.26. The zero-order valence-electron chi connectivity index (χ0n) is 7.56. The van der Waals surface area contributed by atoms with Crippen molar-refractivity contribution in [3.8, 4) is 0 Å². The number of halogens is 1. The van der Waals surface area contributed by atoms with E-state index in [1.165, 1.54) is 12.8 Å². The van der Waals surface area contributed by atoms with Gasteiger partial charge in [-0.1, -0.05) is 12.8 Å². The van der Waals surface area contributed by atoms with Gasteiger partial charge in [-0.05, 0) is 38.0 Å². The van der Waals surface area contributed by atoms with Crippen LogP contribution in [0.1, 0.15) is 44.9 Å². The van der Waals surface area contributed by atoms with Crippen molar-refractivity contribution in [2.24, 2.45) is 11.7 Å². The predicted molar refractivity (Wildman–Crippen MR) is 47.6 cm³/mol. The van der Waals surface area contributed by atoms with Crippen LogP contribution < -0.4 is 5.73 Å². The van der Waals surface area contributed by atoms with E-state index in [9.17, 15) is 4.39 Å². The summed E-state index contributed by atoms with van der Waals surface area (Å²) < 4.78 is 14.2. The minimum atomic E-state index is -0.879. The number of nitrogens with two attached hydrogens (primary N) is 1. The highest BCUT2D eigenvalue weighted by Gasteiger charge is 2.45. The number of alkyl halides is 1. The van der Waals surface area contributed by atoms with Gasteiger partial charge in [0, 0.05) is 6.04 Å². The third-order valence-corrected chi connectivity index (χ3v) is 3.62. The molecule has 2 rings (SSSR count). The minimum absolute atomic E-state index is 0.135. The van der Waals surface area contributed by atoms with Crippen molar-refractivity contribution < 1.29 is 4.39 Å². The molecule has 0 aromatic carbocycles. The molecule has 2 N–H and O–H groups in total. The predicted octanol–water partition coefficient (Wildman–Crippen LogP) is 2.40. The molecule has 2 heteroatoms. The first kappa shape index (κ1) is 8.49. The lowest BCUT2D eigenvalue weighted by atomic mass is 9.86. The molecule has 0 amide bonds. The van der Waals surface area contributed by atoms with Crippen molar-refractivity contribution in [3.05, 3.63) is 0 Å². The van der Waals surface area contributed by atoms with Crippen LogP contribution in [0.5, 0.6) is 0 Å².